The monoisotopic (exact) mass is 409 g/mol. The fourth-order valence-electron chi connectivity index (χ4n) is 3.33. The van der Waals surface area contributed by atoms with Gasteiger partial charge in [-0.1, -0.05) is 30.0 Å². The van der Waals surface area contributed by atoms with Gasteiger partial charge < -0.3 is 19.4 Å². The zero-order valence-corrected chi connectivity index (χ0v) is 16.5. The Morgan fingerprint density at radius 2 is 2.21 bits per heavy atom. The zero-order chi connectivity index (χ0) is 19.3. The molecule has 1 N–H and O–H groups in total. The lowest BCUT2D eigenvalue weighted by Gasteiger charge is -2.28. The van der Waals surface area contributed by atoms with Crippen molar-refractivity contribution in [3.63, 3.8) is 0 Å². The molecule has 3 aromatic rings. The topological polar surface area (TPSA) is 67.6 Å². The van der Waals surface area contributed by atoms with Gasteiger partial charge in [-0.3, -0.25) is 9.78 Å². The molecule has 8 heteroatoms. The second-order valence-corrected chi connectivity index (χ2v) is 8.28. The molecule has 28 heavy (non-hydrogen) atoms. The Labute approximate surface area is 170 Å². The fourth-order valence-corrected chi connectivity index (χ4v) is 4.36. The number of pyridine rings is 1. The number of carbonyl (C=O) groups is 1. The average Bonchev–Trinajstić information content (AvgIpc) is 3.23. The summed E-state index contributed by atoms with van der Waals surface area (Å²) in [6, 6.07) is 7.98. The number of aromatic nitrogens is 1. The number of furan rings is 1. The lowest BCUT2D eigenvalue weighted by molar-refractivity contribution is -0.115. The molecular weight excluding hydrogens is 394 g/mol. The lowest BCUT2D eigenvalue weighted by atomic mass is 10.0. The largest absolute Gasteiger partial charge is 0.490 e. The first-order chi connectivity index (χ1) is 13.6. The minimum atomic E-state index is -0.204. The van der Waals surface area contributed by atoms with Gasteiger partial charge in [-0.15, -0.1) is 0 Å². The van der Waals surface area contributed by atoms with Crippen molar-refractivity contribution in [1.29, 1.82) is 0 Å². The van der Waals surface area contributed by atoms with Crippen LogP contribution in [0.4, 0.5) is 5.69 Å². The molecule has 0 radical (unpaired) electrons. The zero-order valence-electron chi connectivity index (χ0n) is 14.9. The van der Waals surface area contributed by atoms with Gasteiger partial charge in [0.15, 0.2) is 0 Å². The van der Waals surface area contributed by atoms with Crippen LogP contribution >= 0.6 is 24.0 Å². The van der Waals surface area contributed by atoms with Gasteiger partial charge in [0.1, 0.15) is 28.0 Å². The number of ether oxygens (including phenoxy) is 1. The number of hydrogen-bond donors (Lipinski definition) is 1. The summed E-state index contributed by atoms with van der Waals surface area (Å²) < 4.78 is 12.3. The second-order valence-electron chi connectivity index (χ2n) is 6.56. The van der Waals surface area contributed by atoms with Crippen molar-refractivity contribution in [3.05, 3.63) is 47.3 Å². The molecular formula is C20H15N3O3S2. The summed E-state index contributed by atoms with van der Waals surface area (Å²) in [5.74, 6) is 1.23. The third-order valence-corrected chi connectivity index (χ3v) is 5.89. The number of carbonyl (C=O) groups excluding carboxylic acids is 1. The normalized spacial score (nSPS) is 17.8. The molecule has 0 saturated carbocycles. The van der Waals surface area contributed by atoms with Crippen LogP contribution in [0.1, 0.15) is 5.76 Å². The van der Waals surface area contributed by atoms with Crippen molar-refractivity contribution in [2.75, 3.05) is 25.1 Å². The summed E-state index contributed by atoms with van der Waals surface area (Å²) in [6.45, 7) is 1.53. The Kier molecular flexibility index (Phi) is 4.10. The van der Waals surface area contributed by atoms with Crippen LogP contribution in [0.2, 0.25) is 0 Å². The smallest absolute Gasteiger partial charge is 0.263 e. The molecule has 0 aliphatic carbocycles. The van der Waals surface area contributed by atoms with E-state index in [-0.39, 0.29) is 5.91 Å². The van der Waals surface area contributed by atoms with Crippen molar-refractivity contribution >= 4 is 56.9 Å². The number of likely N-dealkylation sites (N-methyl/N-ethyl adjacent to an activating group) is 1. The summed E-state index contributed by atoms with van der Waals surface area (Å²) in [5, 5.41) is 3.47. The number of amides is 1. The Morgan fingerprint density at radius 1 is 1.32 bits per heavy atom. The summed E-state index contributed by atoms with van der Waals surface area (Å²) in [5.41, 5.74) is 3.63. The molecule has 0 spiro atoms. The molecule has 0 atom stereocenters. The van der Waals surface area contributed by atoms with Gasteiger partial charge in [0.25, 0.3) is 5.91 Å². The predicted molar refractivity (Wildman–Crippen MR) is 115 cm³/mol. The van der Waals surface area contributed by atoms with Crippen molar-refractivity contribution in [2.45, 2.75) is 0 Å². The second kappa shape index (κ2) is 6.65. The van der Waals surface area contributed by atoms with Gasteiger partial charge in [0.05, 0.1) is 17.1 Å². The molecule has 1 fully saturated rings. The summed E-state index contributed by atoms with van der Waals surface area (Å²) in [6.07, 6.45) is 5.23. The van der Waals surface area contributed by atoms with Crippen LogP contribution in [0.25, 0.3) is 28.2 Å². The Morgan fingerprint density at radius 3 is 3.04 bits per heavy atom. The highest BCUT2D eigenvalue weighted by atomic mass is 32.2. The number of nitrogens with zero attached hydrogens (tertiary/aromatic N) is 2. The van der Waals surface area contributed by atoms with Crippen molar-refractivity contribution < 1.29 is 13.9 Å². The van der Waals surface area contributed by atoms with Crippen LogP contribution in [0.3, 0.4) is 0 Å². The Bertz CT molecular complexity index is 1170. The van der Waals surface area contributed by atoms with E-state index in [4.69, 9.17) is 21.4 Å². The van der Waals surface area contributed by atoms with Gasteiger partial charge >= 0.3 is 0 Å². The summed E-state index contributed by atoms with van der Waals surface area (Å²) in [4.78, 5) is 18.9. The van der Waals surface area contributed by atoms with Crippen molar-refractivity contribution in [2.24, 2.45) is 0 Å². The average molecular weight is 409 g/mol. The van der Waals surface area contributed by atoms with Gasteiger partial charge in [0.2, 0.25) is 0 Å². The molecule has 6 nitrogen and oxygen atoms in total. The third-order valence-electron chi connectivity index (χ3n) is 4.72. The van der Waals surface area contributed by atoms with Crippen LogP contribution < -0.4 is 15.0 Å². The number of nitrogens with one attached hydrogen (secondary N) is 1. The number of thiocarbonyl (C=S) groups is 1. The number of benzene rings is 1. The van der Waals surface area contributed by atoms with E-state index in [0.29, 0.717) is 21.6 Å². The molecule has 4 heterocycles. The van der Waals surface area contributed by atoms with Crippen LogP contribution in [0, 0.1) is 0 Å². The third kappa shape index (κ3) is 2.94. The molecule has 1 amide bonds. The highest BCUT2D eigenvalue weighted by Gasteiger charge is 2.23. The highest BCUT2D eigenvalue weighted by Crippen LogP contribution is 2.38. The number of thioether (sulfide) groups is 1. The first-order valence-electron chi connectivity index (χ1n) is 8.69. The maximum Gasteiger partial charge on any atom is 0.263 e. The predicted octanol–water partition coefficient (Wildman–Crippen LogP) is 3.81. The van der Waals surface area contributed by atoms with Crippen LogP contribution in [-0.4, -0.2) is 35.4 Å². The lowest BCUT2D eigenvalue weighted by Crippen LogP contribution is -2.28. The summed E-state index contributed by atoms with van der Waals surface area (Å²) in [7, 11) is 2.05. The standard InChI is InChI=1S/C20H15N3O3S2/c1-23-4-5-25-16-7-11(2-3-15(16)23)14-10-21-9-12-6-13(26-18(12)14)8-17-19(24)22-20(27)28-17/h2-3,6-10H,4-5H2,1H3,(H,22,24,27). The SMILES string of the molecule is CN1CCOc2cc(-c3cncc4cc(C=C5SC(=S)NC5=O)oc34)ccc21. The quantitative estimate of drug-likeness (QED) is 0.510. The van der Waals surface area contributed by atoms with Crippen LogP contribution in [0.5, 0.6) is 5.75 Å². The number of hydrogen-bond acceptors (Lipinski definition) is 7. The number of rotatable bonds is 2. The molecule has 1 saturated heterocycles. The van der Waals surface area contributed by atoms with E-state index < -0.39 is 0 Å². The molecule has 0 unspecified atom stereocenters. The molecule has 140 valence electrons. The van der Waals surface area contributed by atoms with Crippen molar-refractivity contribution in [1.82, 2.24) is 10.3 Å². The van der Waals surface area contributed by atoms with E-state index in [0.717, 1.165) is 40.1 Å². The highest BCUT2D eigenvalue weighted by molar-refractivity contribution is 8.26. The molecule has 2 aromatic heterocycles. The molecule has 2 aliphatic rings. The molecule has 5 rings (SSSR count). The number of anilines is 1. The first-order valence-corrected chi connectivity index (χ1v) is 9.92. The molecule has 2 aliphatic heterocycles. The van der Waals surface area contributed by atoms with Gasteiger partial charge in [0, 0.05) is 36.5 Å². The Balaban J connectivity index is 1.58. The fraction of sp³-hybridized carbons (Fsp3) is 0.150. The van der Waals surface area contributed by atoms with Crippen molar-refractivity contribution in [3.8, 4) is 16.9 Å². The minimum absolute atomic E-state index is 0.204. The first kappa shape index (κ1) is 17.3. The van der Waals surface area contributed by atoms with Gasteiger partial charge in [-0.25, -0.2) is 0 Å². The van der Waals surface area contributed by atoms with Gasteiger partial charge in [-0.05, 0) is 23.8 Å². The van der Waals surface area contributed by atoms with E-state index in [1.165, 1.54) is 11.8 Å². The van der Waals surface area contributed by atoms with E-state index in [1.54, 1.807) is 18.5 Å². The minimum Gasteiger partial charge on any atom is -0.490 e. The van der Waals surface area contributed by atoms with Crippen LogP contribution in [-0.2, 0) is 4.79 Å². The maximum atomic E-state index is 11.9. The van der Waals surface area contributed by atoms with E-state index >= 15 is 0 Å². The Hall–Kier alpha value is -2.84. The van der Waals surface area contributed by atoms with Gasteiger partial charge in [-0.2, -0.15) is 0 Å². The van der Waals surface area contributed by atoms with E-state index in [1.807, 2.05) is 18.2 Å². The number of fused-ring (bicyclic) bond motifs is 2. The molecule has 0 bridgehead atoms. The maximum absolute atomic E-state index is 11.9. The van der Waals surface area contributed by atoms with E-state index in [9.17, 15) is 4.79 Å². The summed E-state index contributed by atoms with van der Waals surface area (Å²) >= 11 is 6.26. The molecule has 1 aromatic carbocycles. The van der Waals surface area contributed by atoms with E-state index in [2.05, 4.69) is 28.3 Å². The van der Waals surface area contributed by atoms with Crippen LogP contribution in [0.15, 0.2) is 46.0 Å².